The molecule has 0 aliphatic carbocycles. The fourth-order valence-corrected chi connectivity index (χ4v) is 1.79. The van der Waals surface area contributed by atoms with Crippen LogP contribution >= 0.6 is 11.3 Å². The Balaban J connectivity index is 2.50. The van der Waals surface area contributed by atoms with Crippen LogP contribution in [0.5, 0.6) is 11.5 Å². The SMILES string of the molecule is CCCNC(=O)Oc1cscc1OC(=O)NCCC. The number of hydrogen-bond acceptors (Lipinski definition) is 5. The number of rotatable bonds is 6. The number of amides is 2. The maximum Gasteiger partial charge on any atom is 0.412 e. The van der Waals surface area contributed by atoms with Crippen molar-refractivity contribution in [2.45, 2.75) is 26.7 Å². The van der Waals surface area contributed by atoms with Crippen LogP contribution in [0.1, 0.15) is 26.7 Å². The van der Waals surface area contributed by atoms with Crippen LogP contribution in [0.25, 0.3) is 0 Å². The molecule has 0 unspecified atom stereocenters. The molecule has 1 aromatic rings. The lowest BCUT2D eigenvalue weighted by molar-refractivity contribution is 0.190. The number of ether oxygens (including phenoxy) is 2. The Morgan fingerprint density at radius 1 is 1.00 bits per heavy atom. The van der Waals surface area contributed by atoms with Crippen molar-refractivity contribution in [1.82, 2.24) is 10.6 Å². The zero-order valence-electron chi connectivity index (χ0n) is 11.0. The summed E-state index contributed by atoms with van der Waals surface area (Å²) in [5, 5.41) is 8.36. The monoisotopic (exact) mass is 286 g/mol. The van der Waals surface area contributed by atoms with Gasteiger partial charge in [-0.15, -0.1) is 11.3 Å². The molecule has 1 heterocycles. The van der Waals surface area contributed by atoms with Gasteiger partial charge in [0.15, 0.2) is 11.5 Å². The predicted octanol–water partition coefficient (Wildman–Crippen LogP) is 2.74. The Morgan fingerprint density at radius 3 is 1.79 bits per heavy atom. The van der Waals surface area contributed by atoms with Crippen molar-refractivity contribution in [2.75, 3.05) is 13.1 Å². The van der Waals surface area contributed by atoms with Crippen molar-refractivity contribution >= 4 is 23.5 Å². The molecule has 0 fully saturated rings. The summed E-state index contributed by atoms with van der Waals surface area (Å²) in [5.41, 5.74) is 0. The Morgan fingerprint density at radius 2 is 1.42 bits per heavy atom. The summed E-state index contributed by atoms with van der Waals surface area (Å²) in [7, 11) is 0. The molecule has 0 saturated carbocycles. The molecule has 0 spiro atoms. The van der Waals surface area contributed by atoms with Gasteiger partial charge in [0.25, 0.3) is 0 Å². The van der Waals surface area contributed by atoms with Gasteiger partial charge in [-0.2, -0.15) is 0 Å². The van der Waals surface area contributed by atoms with Crippen molar-refractivity contribution in [1.29, 1.82) is 0 Å². The molecule has 19 heavy (non-hydrogen) atoms. The van der Waals surface area contributed by atoms with E-state index in [1.54, 1.807) is 10.8 Å². The summed E-state index contributed by atoms with van der Waals surface area (Å²) in [6.45, 7) is 4.96. The standard InChI is InChI=1S/C12H18N2O4S/c1-3-5-13-11(15)17-9-7-19-8-10(9)18-12(16)14-6-4-2/h7-8H,3-6H2,1-2H3,(H,13,15)(H,14,16). The van der Waals surface area contributed by atoms with Gasteiger partial charge in [-0.1, -0.05) is 13.8 Å². The Labute approximate surface area is 116 Å². The van der Waals surface area contributed by atoms with Gasteiger partial charge >= 0.3 is 12.2 Å². The lowest BCUT2D eigenvalue weighted by Crippen LogP contribution is -2.29. The summed E-state index contributed by atoms with van der Waals surface area (Å²) >= 11 is 1.29. The van der Waals surface area contributed by atoms with Crippen molar-refractivity contribution < 1.29 is 19.1 Å². The van der Waals surface area contributed by atoms with E-state index in [2.05, 4.69) is 10.6 Å². The third-order valence-electron chi connectivity index (χ3n) is 2.04. The van der Waals surface area contributed by atoms with E-state index in [0.717, 1.165) is 12.8 Å². The zero-order valence-corrected chi connectivity index (χ0v) is 11.8. The van der Waals surface area contributed by atoms with Gasteiger partial charge in [-0.25, -0.2) is 9.59 Å². The van der Waals surface area contributed by atoms with Gasteiger partial charge in [0.2, 0.25) is 0 Å². The highest BCUT2D eigenvalue weighted by Crippen LogP contribution is 2.31. The average molecular weight is 286 g/mol. The molecule has 0 radical (unpaired) electrons. The number of carbonyl (C=O) groups is 2. The second-order valence-corrected chi connectivity index (χ2v) is 4.48. The van der Waals surface area contributed by atoms with Gasteiger partial charge in [0.1, 0.15) is 0 Å². The average Bonchev–Trinajstić information content (AvgIpc) is 2.81. The van der Waals surface area contributed by atoms with Crippen LogP contribution in [-0.2, 0) is 0 Å². The maximum atomic E-state index is 11.4. The minimum Gasteiger partial charge on any atom is -0.405 e. The molecule has 0 aromatic carbocycles. The van der Waals surface area contributed by atoms with E-state index in [4.69, 9.17) is 9.47 Å². The third-order valence-corrected chi connectivity index (χ3v) is 2.74. The van der Waals surface area contributed by atoms with Crippen LogP contribution < -0.4 is 20.1 Å². The molecule has 7 heteroatoms. The van der Waals surface area contributed by atoms with Crippen molar-refractivity contribution in [3.8, 4) is 11.5 Å². The van der Waals surface area contributed by atoms with Gasteiger partial charge in [0.05, 0.1) is 0 Å². The molecule has 6 nitrogen and oxygen atoms in total. The second kappa shape index (κ2) is 8.36. The van der Waals surface area contributed by atoms with Crippen molar-refractivity contribution in [3.05, 3.63) is 10.8 Å². The minimum absolute atomic E-state index is 0.241. The highest BCUT2D eigenvalue weighted by Gasteiger charge is 2.14. The molecule has 0 atom stereocenters. The van der Waals surface area contributed by atoms with Gasteiger partial charge in [-0.3, -0.25) is 0 Å². The van der Waals surface area contributed by atoms with Crippen molar-refractivity contribution in [3.63, 3.8) is 0 Å². The van der Waals surface area contributed by atoms with Crippen LogP contribution in [0.2, 0.25) is 0 Å². The minimum atomic E-state index is -0.556. The van der Waals surface area contributed by atoms with Gasteiger partial charge < -0.3 is 20.1 Å². The van der Waals surface area contributed by atoms with E-state index in [0.29, 0.717) is 13.1 Å². The molecule has 0 saturated heterocycles. The van der Waals surface area contributed by atoms with Gasteiger partial charge in [-0.05, 0) is 12.8 Å². The van der Waals surface area contributed by atoms with E-state index in [1.807, 2.05) is 13.8 Å². The van der Waals surface area contributed by atoms with Crippen LogP contribution in [0.4, 0.5) is 9.59 Å². The van der Waals surface area contributed by atoms with Crippen molar-refractivity contribution in [2.24, 2.45) is 0 Å². The lowest BCUT2D eigenvalue weighted by atomic mass is 10.5. The first-order chi connectivity index (χ1) is 9.17. The first-order valence-electron chi connectivity index (χ1n) is 6.14. The zero-order chi connectivity index (χ0) is 14.1. The highest BCUT2D eigenvalue weighted by molar-refractivity contribution is 7.08. The molecule has 0 aliphatic rings. The topological polar surface area (TPSA) is 76.7 Å². The molecule has 2 amide bonds. The van der Waals surface area contributed by atoms with E-state index < -0.39 is 12.2 Å². The number of thiophene rings is 1. The first-order valence-corrected chi connectivity index (χ1v) is 7.09. The molecule has 1 rings (SSSR count). The van der Waals surface area contributed by atoms with Crippen LogP contribution in [0.15, 0.2) is 10.8 Å². The number of carbonyl (C=O) groups excluding carboxylic acids is 2. The Bertz CT molecular complexity index is 383. The van der Waals surface area contributed by atoms with Crippen LogP contribution in [0, 0.1) is 0 Å². The van der Waals surface area contributed by atoms with E-state index in [9.17, 15) is 9.59 Å². The Hall–Kier alpha value is -1.76. The van der Waals surface area contributed by atoms with E-state index in [-0.39, 0.29) is 11.5 Å². The summed E-state index contributed by atoms with van der Waals surface area (Å²) < 4.78 is 10.1. The summed E-state index contributed by atoms with van der Waals surface area (Å²) in [5.74, 6) is 0.482. The quantitative estimate of drug-likeness (QED) is 0.843. The molecule has 2 N–H and O–H groups in total. The van der Waals surface area contributed by atoms with Crippen LogP contribution in [-0.4, -0.2) is 25.3 Å². The first kappa shape index (κ1) is 15.3. The second-order valence-electron chi connectivity index (χ2n) is 3.73. The Kier molecular flexibility index (Phi) is 6.73. The van der Waals surface area contributed by atoms with E-state index in [1.165, 1.54) is 11.3 Å². The lowest BCUT2D eigenvalue weighted by Gasteiger charge is -2.07. The third kappa shape index (κ3) is 5.60. The number of hydrogen-bond donors (Lipinski definition) is 2. The molecule has 1 aromatic heterocycles. The molecule has 106 valence electrons. The fraction of sp³-hybridized carbons (Fsp3) is 0.500. The summed E-state index contributed by atoms with van der Waals surface area (Å²) in [6, 6.07) is 0. The maximum absolute atomic E-state index is 11.4. The predicted molar refractivity (Wildman–Crippen MR) is 73.0 cm³/mol. The van der Waals surface area contributed by atoms with E-state index >= 15 is 0 Å². The highest BCUT2D eigenvalue weighted by atomic mass is 32.1. The number of nitrogens with one attached hydrogen (secondary N) is 2. The van der Waals surface area contributed by atoms with Gasteiger partial charge in [0, 0.05) is 23.8 Å². The molecule has 0 aliphatic heterocycles. The van der Waals surface area contributed by atoms with Crippen LogP contribution in [0.3, 0.4) is 0 Å². The summed E-state index contributed by atoms with van der Waals surface area (Å²) in [6.07, 6.45) is 0.529. The molecular weight excluding hydrogens is 268 g/mol. The summed E-state index contributed by atoms with van der Waals surface area (Å²) in [4.78, 5) is 22.8. The fourth-order valence-electron chi connectivity index (χ4n) is 1.15. The molecular formula is C12H18N2O4S. The normalized spacial score (nSPS) is 9.79. The largest absolute Gasteiger partial charge is 0.412 e. The molecule has 0 bridgehead atoms. The smallest absolute Gasteiger partial charge is 0.405 e.